The molecule has 1 heterocycles. The van der Waals surface area contributed by atoms with Crippen LogP contribution in [0.1, 0.15) is 21.7 Å². The lowest BCUT2D eigenvalue weighted by Crippen LogP contribution is -2.26. The van der Waals surface area contributed by atoms with Gasteiger partial charge >= 0.3 is 0 Å². The van der Waals surface area contributed by atoms with Crippen LogP contribution in [0.2, 0.25) is 5.02 Å². The number of hydrogen-bond acceptors (Lipinski definition) is 4. The van der Waals surface area contributed by atoms with Gasteiger partial charge in [0, 0.05) is 30.7 Å². The number of nitro groups is 1. The van der Waals surface area contributed by atoms with E-state index in [0.717, 1.165) is 0 Å². The van der Waals surface area contributed by atoms with Crippen molar-refractivity contribution in [3.05, 3.63) is 62.6 Å². The number of hydrogen-bond donors (Lipinski definition) is 0. The molecule has 0 aliphatic carbocycles. The molecule has 0 unspecified atom stereocenters. The minimum absolute atomic E-state index is 0.0604. The lowest BCUT2D eigenvalue weighted by Gasteiger charge is -2.17. The number of amides is 1. The van der Waals surface area contributed by atoms with Gasteiger partial charge in [-0.3, -0.25) is 14.9 Å². The molecule has 7 heteroatoms. The van der Waals surface area contributed by atoms with Crippen molar-refractivity contribution in [2.45, 2.75) is 13.5 Å². The van der Waals surface area contributed by atoms with Crippen molar-refractivity contribution in [3.63, 3.8) is 0 Å². The zero-order valence-electron chi connectivity index (χ0n) is 11.5. The average molecular weight is 309 g/mol. The molecule has 0 aliphatic rings. The maximum Gasteiger partial charge on any atom is 0.269 e. The summed E-state index contributed by atoms with van der Waals surface area (Å²) in [4.78, 5) is 24.0. The molecule has 0 fully saturated rings. The molecule has 0 saturated carbocycles. The smallest absolute Gasteiger partial charge is 0.269 e. The molecule has 0 atom stereocenters. The van der Waals surface area contributed by atoms with Gasteiger partial charge in [-0.2, -0.15) is 0 Å². The fraction of sp³-hybridized carbons (Fsp3) is 0.214. The molecule has 0 saturated heterocycles. The molecular weight excluding hydrogens is 296 g/mol. The molecule has 21 heavy (non-hydrogen) atoms. The predicted octanol–water partition coefficient (Wildman–Crippen LogP) is 3.42. The monoisotopic (exact) mass is 308 g/mol. The normalized spacial score (nSPS) is 10.4. The number of non-ortho nitro benzene ring substituents is 1. The van der Waals surface area contributed by atoms with Gasteiger partial charge in [-0.15, -0.1) is 0 Å². The number of halogens is 1. The summed E-state index contributed by atoms with van der Waals surface area (Å²) in [6.45, 7) is 1.87. The van der Waals surface area contributed by atoms with Gasteiger partial charge in [-0.05, 0) is 24.6 Å². The van der Waals surface area contributed by atoms with E-state index in [2.05, 4.69) is 0 Å². The Hall–Kier alpha value is -2.34. The Balaban J connectivity index is 2.21. The van der Waals surface area contributed by atoms with E-state index < -0.39 is 4.92 Å². The van der Waals surface area contributed by atoms with Gasteiger partial charge < -0.3 is 9.32 Å². The number of rotatable bonds is 4. The maximum atomic E-state index is 12.3. The first-order valence-electron chi connectivity index (χ1n) is 6.12. The number of carbonyl (C=O) groups is 1. The summed E-state index contributed by atoms with van der Waals surface area (Å²) >= 11 is 6.03. The van der Waals surface area contributed by atoms with E-state index in [4.69, 9.17) is 16.0 Å². The molecule has 110 valence electrons. The Morgan fingerprint density at radius 3 is 2.71 bits per heavy atom. The molecule has 0 N–H and O–H groups in total. The Morgan fingerprint density at radius 1 is 1.43 bits per heavy atom. The number of benzene rings is 1. The van der Waals surface area contributed by atoms with Crippen LogP contribution in [0.3, 0.4) is 0 Å². The lowest BCUT2D eigenvalue weighted by atomic mass is 10.1. The molecule has 2 rings (SSSR count). The van der Waals surface area contributed by atoms with Crippen molar-refractivity contribution < 1.29 is 14.1 Å². The van der Waals surface area contributed by atoms with Crippen LogP contribution in [0, 0.1) is 17.0 Å². The highest BCUT2D eigenvalue weighted by atomic mass is 35.5. The molecule has 1 aromatic heterocycles. The second-order valence-electron chi connectivity index (χ2n) is 4.58. The third-order valence-corrected chi connectivity index (χ3v) is 3.45. The molecular formula is C14H13ClN2O4. The number of nitrogens with zero attached hydrogens (tertiary/aromatic N) is 2. The van der Waals surface area contributed by atoms with E-state index in [-0.39, 0.29) is 18.1 Å². The number of nitro benzene ring substituents is 1. The second-order valence-corrected chi connectivity index (χ2v) is 4.99. The van der Waals surface area contributed by atoms with Crippen molar-refractivity contribution in [2.24, 2.45) is 0 Å². The van der Waals surface area contributed by atoms with Crippen molar-refractivity contribution >= 4 is 23.2 Å². The first-order chi connectivity index (χ1) is 9.90. The third-order valence-electron chi connectivity index (χ3n) is 3.08. The first kappa shape index (κ1) is 15.1. The largest absolute Gasteiger partial charge is 0.469 e. The summed E-state index contributed by atoms with van der Waals surface area (Å²) in [7, 11) is 1.60. The second kappa shape index (κ2) is 5.97. The Labute approximate surface area is 126 Å². The molecule has 0 aliphatic heterocycles. The van der Waals surface area contributed by atoms with Gasteiger partial charge in [-0.25, -0.2) is 0 Å². The summed E-state index contributed by atoms with van der Waals surface area (Å²) < 4.78 is 5.10. The molecule has 0 bridgehead atoms. The minimum Gasteiger partial charge on any atom is -0.469 e. The van der Waals surface area contributed by atoms with Crippen LogP contribution in [0.5, 0.6) is 0 Å². The standard InChI is InChI=1S/C14H13ClN2O4/c1-9-12(5-6-21-9)14(18)16(2)8-10-7-11(17(19)20)3-4-13(10)15/h3-7H,8H2,1-2H3. The van der Waals surface area contributed by atoms with Crippen LogP contribution in [0.4, 0.5) is 5.69 Å². The fourth-order valence-electron chi connectivity index (χ4n) is 1.94. The Kier molecular flexibility index (Phi) is 4.28. The van der Waals surface area contributed by atoms with E-state index in [9.17, 15) is 14.9 Å². The van der Waals surface area contributed by atoms with Crippen LogP contribution >= 0.6 is 11.6 Å². The lowest BCUT2D eigenvalue weighted by molar-refractivity contribution is -0.384. The Bertz CT molecular complexity index is 696. The van der Waals surface area contributed by atoms with Crippen molar-refractivity contribution in [2.75, 3.05) is 7.05 Å². The highest BCUT2D eigenvalue weighted by Crippen LogP contribution is 2.24. The van der Waals surface area contributed by atoms with E-state index in [1.165, 1.54) is 29.4 Å². The highest BCUT2D eigenvalue weighted by Gasteiger charge is 2.18. The first-order valence-corrected chi connectivity index (χ1v) is 6.50. The van der Waals surface area contributed by atoms with Gasteiger partial charge in [-0.1, -0.05) is 11.6 Å². The summed E-state index contributed by atoms with van der Waals surface area (Å²) in [6.07, 6.45) is 1.44. The van der Waals surface area contributed by atoms with Crippen LogP contribution in [0.25, 0.3) is 0 Å². The predicted molar refractivity (Wildman–Crippen MR) is 77.3 cm³/mol. The van der Waals surface area contributed by atoms with Gasteiger partial charge in [0.15, 0.2) is 0 Å². The number of carbonyl (C=O) groups excluding carboxylic acids is 1. The average Bonchev–Trinajstić information content (AvgIpc) is 2.86. The SMILES string of the molecule is Cc1occc1C(=O)N(C)Cc1cc([N+](=O)[O-])ccc1Cl. The summed E-state index contributed by atoms with van der Waals surface area (Å²) in [6, 6.07) is 5.74. The van der Waals surface area contributed by atoms with E-state index >= 15 is 0 Å². The van der Waals surface area contributed by atoms with E-state index in [1.54, 1.807) is 20.0 Å². The van der Waals surface area contributed by atoms with Crippen molar-refractivity contribution in [1.29, 1.82) is 0 Å². The van der Waals surface area contributed by atoms with E-state index in [1.807, 2.05) is 0 Å². The van der Waals surface area contributed by atoms with Gasteiger partial charge in [0.05, 0.1) is 16.7 Å². The van der Waals surface area contributed by atoms with Crippen LogP contribution in [-0.4, -0.2) is 22.8 Å². The minimum atomic E-state index is -0.498. The van der Waals surface area contributed by atoms with Crippen LogP contribution in [-0.2, 0) is 6.54 Å². The molecule has 1 aromatic carbocycles. The molecule has 6 nitrogen and oxygen atoms in total. The summed E-state index contributed by atoms with van der Waals surface area (Å²) in [5, 5.41) is 11.2. The van der Waals surface area contributed by atoms with E-state index in [0.29, 0.717) is 21.9 Å². The molecule has 0 radical (unpaired) electrons. The topological polar surface area (TPSA) is 76.6 Å². The zero-order valence-corrected chi connectivity index (χ0v) is 12.3. The van der Waals surface area contributed by atoms with Gasteiger partial charge in [0.25, 0.3) is 11.6 Å². The summed E-state index contributed by atoms with van der Waals surface area (Å²) in [5.74, 6) is 0.292. The van der Waals surface area contributed by atoms with Crippen molar-refractivity contribution in [1.82, 2.24) is 4.90 Å². The Morgan fingerprint density at radius 2 is 2.14 bits per heavy atom. The quantitative estimate of drug-likeness (QED) is 0.640. The van der Waals surface area contributed by atoms with Crippen LogP contribution in [0.15, 0.2) is 34.9 Å². The fourth-order valence-corrected chi connectivity index (χ4v) is 2.11. The molecule has 2 aromatic rings. The summed E-state index contributed by atoms with van der Waals surface area (Å²) in [5.41, 5.74) is 0.914. The molecule has 1 amide bonds. The maximum absolute atomic E-state index is 12.3. The van der Waals surface area contributed by atoms with Gasteiger partial charge in [0.1, 0.15) is 5.76 Å². The molecule has 0 spiro atoms. The zero-order chi connectivity index (χ0) is 15.6. The van der Waals surface area contributed by atoms with Crippen LogP contribution < -0.4 is 0 Å². The third kappa shape index (κ3) is 3.22. The van der Waals surface area contributed by atoms with Gasteiger partial charge in [0.2, 0.25) is 0 Å². The van der Waals surface area contributed by atoms with Crippen molar-refractivity contribution in [3.8, 4) is 0 Å². The highest BCUT2D eigenvalue weighted by molar-refractivity contribution is 6.31. The number of aryl methyl sites for hydroxylation is 1. The number of furan rings is 1.